The second-order valence-electron chi connectivity index (χ2n) is 9.05. The molecule has 0 amide bonds. The van der Waals surface area contributed by atoms with E-state index in [4.69, 9.17) is 14.7 Å². The molecular formula is C25H37N5O. The Hall–Kier alpha value is -2.34. The summed E-state index contributed by atoms with van der Waals surface area (Å²) in [6.07, 6.45) is 9.31. The van der Waals surface area contributed by atoms with Gasteiger partial charge in [0.25, 0.3) is 0 Å². The molecule has 0 atom stereocenters. The molecule has 0 radical (unpaired) electrons. The van der Waals surface area contributed by atoms with E-state index in [1.165, 1.54) is 42.5 Å². The molecule has 2 N–H and O–H groups in total. The number of fused-ring (bicyclic) bond motifs is 1. The summed E-state index contributed by atoms with van der Waals surface area (Å²) < 4.78 is 5.62. The van der Waals surface area contributed by atoms with E-state index in [0.717, 1.165) is 49.7 Å². The molecule has 0 spiro atoms. The molecular weight excluding hydrogens is 386 g/mol. The van der Waals surface area contributed by atoms with Crippen molar-refractivity contribution in [2.24, 2.45) is 0 Å². The fourth-order valence-electron chi connectivity index (χ4n) is 4.81. The Kier molecular flexibility index (Phi) is 7.28. The monoisotopic (exact) mass is 423 g/mol. The zero-order valence-electron chi connectivity index (χ0n) is 19.3. The number of anilines is 2. The minimum absolute atomic E-state index is 0.455. The van der Waals surface area contributed by atoms with Crippen molar-refractivity contribution in [3.05, 3.63) is 41.1 Å². The fourth-order valence-corrected chi connectivity index (χ4v) is 4.81. The van der Waals surface area contributed by atoms with Gasteiger partial charge in [0.1, 0.15) is 11.6 Å². The first-order chi connectivity index (χ1) is 15.1. The van der Waals surface area contributed by atoms with Gasteiger partial charge in [0, 0.05) is 38.3 Å². The lowest BCUT2D eigenvalue weighted by molar-refractivity contribution is 0.338. The highest BCUT2D eigenvalue weighted by Crippen LogP contribution is 2.29. The van der Waals surface area contributed by atoms with Gasteiger partial charge < -0.3 is 20.3 Å². The van der Waals surface area contributed by atoms with Crippen LogP contribution in [-0.2, 0) is 19.4 Å². The number of aryl methyl sites for hydroxylation is 1. The van der Waals surface area contributed by atoms with Gasteiger partial charge in [-0.25, -0.2) is 4.98 Å². The highest BCUT2D eigenvalue weighted by atomic mass is 16.5. The van der Waals surface area contributed by atoms with Crippen LogP contribution in [0.1, 0.15) is 62.3 Å². The molecule has 1 saturated carbocycles. The fraction of sp³-hybridized carbons (Fsp3) is 0.600. The van der Waals surface area contributed by atoms with Crippen LogP contribution < -0.4 is 20.3 Å². The first kappa shape index (κ1) is 21.9. The Balaban J connectivity index is 1.29. The summed E-state index contributed by atoms with van der Waals surface area (Å²) in [6.45, 7) is 3.62. The van der Waals surface area contributed by atoms with Gasteiger partial charge in [-0.3, -0.25) is 0 Å². The molecule has 0 unspecified atom stereocenters. The Morgan fingerprint density at radius 3 is 2.58 bits per heavy atom. The maximum absolute atomic E-state index is 5.62. The van der Waals surface area contributed by atoms with Crippen LogP contribution in [0, 0.1) is 0 Å². The summed E-state index contributed by atoms with van der Waals surface area (Å²) in [5, 5.41) is 7.38. The van der Waals surface area contributed by atoms with Crippen molar-refractivity contribution < 1.29 is 4.74 Å². The van der Waals surface area contributed by atoms with Gasteiger partial charge in [0.15, 0.2) is 0 Å². The smallest absolute Gasteiger partial charge is 0.225 e. The van der Waals surface area contributed by atoms with Crippen molar-refractivity contribution in [2.75, 3.05) is 30.9 Å². The number of rotatable bonds is 8. The van der Waals surface area contributed by atoms with E-state index in [2.05, 4.69) is 47.8 Å². The molecule has 31 heavy (non-hydrogen) atoms. The number of nitrogens with one attached hydrogen (secondary N) is 2. The van der Waals surface area contributed by atoms with Crippen LogP contribution in [0.15, 0.2) is 24.3 Å². The van der Waals surface area contributed by atoms with E-state index < -0.39 is 0 Å². The van der Waals surface area contributed by atoms with Crippen molar-refractivity contribution >= 4 is 11.8 Å². The summed E-state index contributed by atoms with van der Waals surface area (Å²) in [7, 11) is 4.17. The number of ether oxygens (including phenoxy) is 1. The number of hydrogen-bond donors (Lipinski definition) is 2. The van der Waals surface area contributed by atoms with Gasteiger partial charge >= 0.3 is 0 Å². The van der Waals surface area contributed by atoms with Crippen LogP contribution in [0.4, 0.5) is 11.8 Å². The summed E-state index contributed by atoms with van der Waals surface area (Å²) >= 11 is 0. The van der Waals surface area contributed by atoms with Crippen LogP contribution in [0.3, 0.4) is 0 Å². The Bertz CT molecular complexity index is 861. The predicted molar refractivity (Wildman–Crippen MR) is 127 cm³/mol. The molecule has 1 fully saturated rings. The Morgan fingerprint density at radius 1 is 1.03 bits per heavy atom. The minimum atomic E-state index is 0.455. The Labute approximate surface area is 186 Å². The lowest BCUT2D eigenvalue weighted by Crippen LogP contribution is -2.37. The Morgan fingerprint density at radius 2 is 1.81 bits per heavy atom. The van der Waals surface area contributed by atoms with Crippen molar-refractivity contribution in [1.29, 1.82) is 0 Å². The highest BCUT2D eigenvalue weighted by molar-refractivity contribution is 5.52. The van der Waals surface area contributed by atoms with Gasteiger partial charge in [-0.05, 0) is 76.0 Å². The molecule has 0 bridgehead atoms. The second kappa shape index (κ2) is 10.3. The van der Waals surface area contributed by atoms with E-state index in [1.807, 2.05) is 13.0 Å². The molecule has 2 aliphatic carbocycles. The highest BCUT2D eigenvalue weighted by Gasteiger charge is 2.23. The number of benzene rings is 1. The first-order valence-electron chi connectivity index (χ1n) is 11.9. The van der Waals surface area contributed by atoms with Crippen LogP contribution >= 0.6 is 0 Å². The van der Waals surface area contributed by atoms with Gasteiger partial charge in [0.2, 0.25) is 5.95 Å². The zero-order valence-corrected chi connectivity index (χ0v) is 19.3. The van der Waals surface area contributed by atoms with Crippen LogP contribution in [0.5, 0.6) is 5.75 Å². The van der Waals surface area contributed by atoms with Crippen molar-refractivity contribution in [2.45, 2.75) is 76.9 Å². The van der Waals surface area contributed by atoms with Crippen molar-refractivity contribution in [1.82, 2.24) is 15.3 Å². The first-order valence-corrected chi connectivity index (χ1v) is 11.9. The molecule has 1 aromatic carbocycles. The lowest BCUT2D eigenvalue weighted by atomic mass is 9.91. The van der Waals surface area contributed by atoms with Crippen LogP contribution in [-0.4, -0.2) is 42.8 Å². The van der Waals surface area contributed by atoms with Crippen LogP contribution in [0.2, 0.25) is 0 Å². The van der Waals surface area contributed by atoms with Crippen LogP contribution in [0.25, 0.3) is 0 Å². The molecule has 2 aromatic rings. The van der Waals surface area contributed by atoms with Crippen molar-refractivity contribution in [3.63, 3.8) is 0 Å². The topological polar surface area (TPSA) is 62.3 Å². The molecule has 0 saturated heterocycles. The molecule has 1 heterocycles. The maximum atomic E-state index is 5.62. The van der Waals surface area contributed by atoms with Gasteiger partial charge in [-0.1, -0.05) is 12.1 Å². The average Bonchev–Trinajstić information content (AvgIpc) is 2.78. The molecule has 6 nitrogen and oxygen atoms in total. The van der Waals surface area contributed by atoms with E-state index in [0.29, 0.717) is 18.7 Å². The third kappa shape index (κ3) is 5.67. The predicted octanol–water partition coefficient (Wildman–Crippen LogP) is 4.33. The van der Waals surface area contributed by atoms with Gasteiger partial charge in [-0.2, -0.15) is 4.98 Å². The number of hydrogen-bond acceptors (Lipinski definition) is 6. The standard InChI is InChI=1S/C25H37N5O/c1-4-31-21-9-7-8-18(16-21)17-26-19-12-14-20(15-13-19)27-25-28-23-11-6-5-10-22(23)24(29-25)30(2)3/h7-9,16,19-20,26H,4-6,10-15,17H2,1-3H3,(H,27,28,29)/t19-,20+. The number of aromatic nitrogens is 2. The molecule has 1 aromatic heterocycles. The largest absolute Gasteiger partial charge is 0.494 e. The average molecular weight is 424 g/mol. The molecule has 0 aliphatic heterocycles. The third-order valence-corrected chi connectivity index (χ3v) is 6.45. The van der Waals surface area contributed by atoms with E-state index >= 15 is 0 Å². The zero-order chi connectivity index (χ0) is 21.6. The maximum Gasteiger partial charge on any atom is 0.225 e. The summed E-state index contributed by atoms with van der Waals surface area (Å²) in [5.41, 5.74) is 3.88. The summed E-state index contributed by atoms with van der Waals surface area (Å²) in [6, 6.07) is 9.42. The summed E-state index contributed by atoms with van der Waals surface area (Å²) in [4.78, 5) is 11.9. The number of nitrogens with zero attached hydrogens (tertiary/aromatic N) is 3. The van der Waals surface area contributed by atoms with Gasteiger partial charge in [-0.15, -0.1) is 0 Å². The van der Waals surface area contributed by atoms with E-state index in [9.17, 15) is 0 Å². The van der Waals surface area contributed by atoms with E-state index in [1.54, 1.807) is 0 Å². The lowest BCUT2D eigenvalue weighted by Gasteiger charge is -2.30. The molecule has 168 valence electrons. The molecule has 2 aliphatic rings. The summed E-state index contributed by atoms with van der Waals surface area (Å²) in [5.74, 6) is 2.86. The van der Waals surface area contributed by atoms with E-state index in [-0.39, 0.29) is 0 Å². The second-order valence-corrected chi connectivity index (χ2v) is 9.05. The third-order valence-electron chi connectivity index (χ3n) is 6.45. The minimum Gasteiger partial charge on any atom is -0.494 e. The SMILES string of the molecule is CCOc1cccc(CN[C@H]2CC[C@@H](Nc3nc4c(c(N(C)C)n3)CCCC4)CC2)c1. The van der Waals surface area contributed by atoms with Gasteiger partial charge in [0.05, 0.1) is 12.3 Å². The quantitative estimate of drug-likeness (QED) is 0.659. The van der Waals surface area contributed by atoms with Crippen molar-refractivity contribution in [3.8, 4) is 5.75 Å². The normalized spacial score (nSPS) is 20.7. The molecule has 4 rings (SSSR count). The molecule has 6 heteroatoms.